The number of nitrogens with zero attached hydrogens (tertiary/aromatic N) is 3. The van der Waals surface area contributed by atoms with Gasteiger partial charge in [-0.2, -0.15) is 5.10 Å². The Morgan fingerprint density at radius 3 is 2.89 bits per heavy atom. The summed E-state index contributed by atoms with van der Waals surface area (Å²) in [5, 5.41) is 7.61. The van der Waals surface area contributed by atoms with Crippen molar-refractivity contribution in [2.75, 3.05) is 25.5 Å². The summed E-state index contributed by atoms with van der Waals surface area (Å²) in [6, 6.07) is 0.352. The number of rotatable bonds is 4. The minimum absolute atomic E-state index is 0.204. The lowest BCUT2D eigenvalue weighted by molar-refractivity contribution is 0.264. The summed E-state index contributed by atoms with van der Waals surface area (Å²) in [4.78, 5) is 14.2. The van der Waals surface area contributed by atoms with Gasteiger partial charge >= 0.3 is 0 Å². The highest BCUT2D eigenvalue weighted by molar-refractivity contribution is 6.32. The van der Waals surface area contributed by atoms with Gasteiger partial charge in [-0.05, 0) is 33.0 Å². The van der Waals surface area contributed by atoms with E-state index in [0.29, 0.717) is 18.3 Å². The van der Waals surface area contributed by atoms with Gasteiger partial charge in [-0.25, -0.2) is 4.68 Å². The van der Waals surface area contributed by atoms with Crippen LogP contribution in [0.15, 0.2) is 23.6 Å². The van der Waals surface area contributed by atoms with Gasteiger partial charge in [-0.1, -0.05) is 17.7 Å². The number of likely N-dealkylation sites (tertiary alicyclic amines) is 1. The van der Waals surface area contributed by atoms with E-state index in [1.807, 2.05) is 0 Å². The first-order valence-electron chi connectivity index (χ1n) is 6.43. The van der Waals surface area contributed by atoms with Crippen molar-refractivity contribution >= 4 is 17.3 Å². The smallest absolute Gasteiger partial charge is 0.287 e. The fraction of sp³-hybridized carbons (Fsp3) is 0.538. The molecular weight excluding hydrogens is 264 g/mol. The Balaban J connectivity index is 2.11. The van der Waals surface area contributed by atoms with E-state index in [-0.39, 0.29) is 10.6 Å². The minimum Gasteiger partial charge on any atom is -0.380 e. The van der Waals surface area contributed by atoms with Gasteiger partial charge < -0.3 is 10.2 Å². The molecule has 0 atom stereocenters. The molecule has 0 spiro atoms. The predicted molar refractivity (Wildman–Crippen MR) is 77.8 cm³/mol. The summed E-state index contributed by atoms with van der Waals surface area (Å²) in [5.41, 5.74) is 0.348. The summed E-state index contributed by atoms with van der Waals surface area (Å²) in [5.74, 6) is 0. The first-order valence-corrected chi connectivity index (χ1v) is 6.81. The molecular formula is C13H19ClN4O. The van der Waals surface area contributed by atoms with Gasteiger partial charge in [0.1, 0.15) is 5.02 Å². The Morgan fingerprint density at radius 2 is 2.26 bits per heavy atom. The molecule has 1 aromatic rings. The van der Waals surface area contributed by atoms with Crippen LogP contribution in [0.1, 0.15) is 12.8 Å². The molecule has 104 valence electrons. The van der Waals surface area contributed by atoms with Crippen LogP contribution >= 0.6 is 11.6 Å². The second kappa shape index (κ2) is 6.21. The highest BCUT2D eigenvalue weighted by Gasteiger charge is 2.18. The fourth-order valence-corrected chi connectivity index (χ4v) is 2.39. The molecule has 0 saturated carbocycles. The minimum atomic E-state index is -0.278. The highest BCUT2D eigenvalue weighted by Crippen LogP contribution is 2.20. The van der Waals surface area contributed by atoms with E-state index >= 15 is 0 Å². The molecule has 0 unspecified atom stereocenters. The number of hydrogen-bond acceptors (Lipinski definition) is 4. The van der Waals surface area contributed by atoms with Crippen LogP contribution in [0.4, 0.5) is 5.69 Å². The van der Waals surface area contributed by atoms with Crippen LogP contribution < -0.4 is 10.9 Å². The van der Waals surface area contributed by atoms with Gasteiger partial charge in [0.2, 0.25) is 0 Å². The molecule has 0 aromatic carbocycles. The SMILES string of the molecule is C=CCn1ncc(NC2CCN(C)CC2)c(Cl)c1=O. The second-order valence-electron chi connectivity index (χ2n) is 4.87. The van der Waals surface area contributed by atoms with Crippen molar-refractivity contribution in [2.24, 2.45) is 0 Å². The van der Waals surface area contributed by atoms with Crippen molar-refractivity contribution in [3.8, 4) is 0 Å². The van der Waals surface area contributed by atoms with Crippen molar-refractivity contribution in [3.05, 3.63) is 34.2 Å². The van der Waals surface area contributed by atoms with Gasteiger partial charge in [0.05, 0.1) is 18.4 Å². The van der Waals surface area contributed by atoms with Gasteiger partial charge in [0, 0.05) is 6.04 Å². The number of aromatic nitrogens is 2. The second-order valence-corrected chi connectivity index (χ2v) is 5.25. The Morgan fingerprint density at radius 1 is 1.58 bits per heavy atom. The third-order valence-corrected chi connectivity index (χ3v) is 3.73. The molecule has 1 N–H and O–H groups in total. The number of halogens is 1. The van der Waals surface area contributed by atoms with E-state index < -0.39 is 0 Å². The van der Waals surface area contributed by atoms with Crippen LogP contribution in [0.3, 0.4) is 0 Å². The summed E-state index contributed by atoms with van der Waals surface area (Å²) >= 11 is 6.10. The lowest BCUT2D eigenvalue weighted by atomic mass is 10.1. The number of hydrogen-bond donors (Lipinski definition) is 1. The van der Waals surface area contributed by atoms with Crippen molar-refractivity contribution in [3.63, 3.8) is 0 Å². The summed E-state index contributed by atoms with van der Waals surface area (Å²) in [6.07, 6.45) is 5.32. The maximum absolute atomic E-state index is 11.9. The molecule has 1 saturated heterocycles. The summed E-state index contributed by atoms with van der Waals surface area (Å²) in [6.45, 7) is 6.06. The van der Waals surface area contributed by atoms with Crippen LogP contribution in [0, 0.1) is 0 Å². The first kappa shape index (κ1) is 14.1. The van der Waals surface area contributed by atoms with Crippen molar-refractivity contribution < 1.29 is 0 Å². The van der Waals surface area contributed by atoms with Gasteiger partial charge in [-0.15, -0.1) is 6.58 Å². The van der Waals surface area contributed by atoms with Crippen LogP contribution in [-0.2, 0) is 6.54 Å². The molecule has 5 nitrogen and oxygen atoms in total. The molecule has 1 aliphatic heterocycles. The zero-order valence-electron chi connectivity index (χ0n) is 11.1. The van der Waals surface area contributed by atoms with E-state index in [2.05, 4.69) is 28.9 Å². The normalized spacial score (nSPS) is 17.4. The zero-order valence-corrected chi connectivity index (χ0v) is 11.9. The quantitative estimate of drug-likeness (QED) is 0.852. The van der Waals surface area contributed by atoms with Crippen molar-refractivity contribution in [1.82, 2.24) is 14.7 Å². The molecule has 6 heteroatoms. The van der Waals surface area contributed by atoms with Crippen LogP contribution in [0.2, 0.25) is 5.02 Å². The molecule has 1 fully saturated rings. The van der Waals surface area contributed by atoms with E-state index in [1.54, 1.807) is 12.3 Å². The van der Waals surface area contributed by atoms with Crippen LogP contribution in [0.25, 0.3) is 0 Å². The summed E-state index contributed by atoms with van der Waals surface area (Å²) in [7, 11) is 2.11. The maximum atomic E-state index is 11.9. The third kappa shape index (κ3) is 3.36. The Labute approximate surface area is 117 Å². The molecule has 1 aromatic heterocycles. The average Bonchev–Trinajstić information content (AvgIpc) is 2.41. The Hall–Kier alpha value is -1.33. The molecule has 2 rings (SSSR count). The Bertz CT molecular complexity index is 506. The highest BCUT2D eigenvalue weighted by atomic mass is 35.5. The van der Waals surface area contributed by atoms with Crippen LogP contribution in [0.5, 0.6) is 0 Å². The molecule has 0 amide bonds. The molecule has 0 aliphatic carbocycles. The van der Waals surface area contributed by atoms with Crippen molar-refractivity contribution in [2.45, 2.75) is 25.4 Å². The number of nitrogens with one attached hydrogen (secondary N) is 1. The lowest BCUT2D eigenvalue weighted by Crippen LogP contribution is -2.37. The largest absolute Gasteiger partial charge is 0.380 e. The van der Waals surface area contributed by atoms with E-state index in [0.717, 1.165) is 25.9 Å². The third-order valence-electron chi connectivity index (χ3n) is 3.37. The van der Waals surface area contributed by atoms with Gasteiger partial charge in [0.25, 0.3) is 5.56 Å². The molecule has 19 heavy (non-hydrogen) atoms. The van der Waals surface area contributed by atoms with E-state index in [1.165, 1.54) is 4.68 Å². The van der Waals surface area contributed by atoms with Gasteiger partial charge in [-0.3, -0.25) is 4.79 Å². The first-order chi connectivity index (χ1) is 9.11. The predicted octanol–water partition coefficient (Wildman–Crippen LogP) is 1.59. The number of anilines is 1. The molecule has 2 heterocycles. The zero-order chi connectivity index (χ0) is 13.8. The average molecular weight is 283 g/mol. The Kier molecular flexibility index (Phi) is 4.61. The maximum Gasteiger partial charge on any atom is 0.287 e. The monoisotopic (exact) mass is 282 g/mol. The van der Waals surface area contributed by atoms with Crippen LogP contribution in [-0.4, -0.2) is 40.9 Å². The van der Waals surface area contributed by atoms with Gasteiger partial charge in [0.15, 0.2) is 0 Å². The van der Waals surface area contributed by atoms with Crippen molar-refractivity contribution in [1.29, 1.82) is 0 Å². The van der Waals surface area contributed by atoms with E-state index in [9.17, 15) is 4.79 Å². The molecule has 0 radical (unpaired) electrons. The lowest BCUT2D eigenvalue weighted by Gasteiger charge is -2.30. The number of piperidine rings is 1. The topological polar surface area (TPSA) is 50.2 Å². The molecule has 1 aliphatic rings. The summed E-state index contributed by atoms with van der Waals surface area (Å²) < 4.78 is 1.30. The standard InChI is InChI=1S/C13H19ClN4O/c1-3-6-18-13(19)12(14)11(9-15-18)16-10-4-7-17(2)8-5-10/h3,9-10,16H,1,4-8H2,2H3. The number of allylic oxidation sites excluding steroid dienone is 1. The van der Waals surface area contributed by atoms with E-state index in [4.69, 9.17) is 11.6 Å². The fourth-order valence-electron chi connectivity index (χ4n) is 2.19. The molecule has 0 bridgehead atoms.